The van der Waals surface area contributed by atoms with Gasteiger partial charge in [0.2, 0.25) is 15.9 Å². The lowest BCUT2D eigenvalue weighted by atomic mass is 10.3. The minimum absolute atomic E-state index is 0.137. The van der Waals surface area contributed by atoms with Crippen LogP contribution in [0.4, 0.5) is 0 Å². The predicted octanol–water partition coefficient (Wildman–Crippen LogP) is 0.871. The number of aliphatic imine (C=N–C) groups is 1. The average molecular weight is 260 g/mol. The quantitative estimate of drug-likeness (QED) is 0.856. The molecule has 0 amide bonds. The second-order valence-electron chi connectivity index (χ2n) is 3.51. The van der Waals surface area contributed by atoms with Crippen molar-refractivity contribution in [3.8, 4) is 0 Å². The molecule has 0 saturated carbocycles. The molecule has 0 bridgehead atoms. The molecule has 0 unspecified atom stereocenters. The van der Waals surface area contributed by atoms with E-state index in [-0.39, 0.29) is 4.90 Å². The van der Waals surface area contributed by atoms with Crippen LogP contribution in [0.1, 0.15) is 16.9 Å². The predicted molar refractivity (Wildman–Crippen MR) is 62.4 cm³/mol. The van der Waals surface area contributed by atoms with Gasteiger partial charge < -0.3 is 4.74 Å². The summed E-state index contributed by atoms with van der Waals surface area (Å²) in [6, 6.07) is 0. The van der Waals surface area contributed by atoms with Gasteiger partial charge in [-0.15, -0.1) is 11.3 Å². The second-order valence-corrected chi connectivity index (χ2v) is 5.89. The van der Waals surface area contributed by atoms with Crippen LogP contribution in [-0.2, 0) is 14.8 Å². The Labute approximate surface area is 98.0 Å². The summed E-state index contributed by atoms with van der Waals surface area (Å²) in [5.41, 5.74) is 0.638. The summed E-state index contributed by atoms with van der Waals surface area (Å²) in [7, 11) is -3.72. The van der Waals surface area contributed by atoms with Gasteiger partial charge in [0.05, 0.1) is 6.61 Å². The molecule has 1 aromatic rings. The van der Waals surface area contributed by atoms with E-state index in [2.05, 4.69) is 4.99 Å². The first kappa shape index (κ1) is 11.6. The largest absolute Gasteiger partial charge is 0.477 e. The fourth-order valence-electron chi connectivity index (χ4n) is 1.53. The number of hydrogen-bond donors (Lipinski definition) is 1. The van der Waals surface area contributed by atoms with Gasteiger partial charge in [-0.25, -0.2) is 13.6 Å². The molecule has 16 heavy (non-hydrogen) atoms. The van der Waals surface area contributed by atoms with Crippen LogP contribution in [0.25, 0.3) is 0 Å². The number of rotatable bonds is 2. The molecule has 2 N–H and O–H groups in total. The lowest BCUT2D eigenvalue weighted by Crippen LogP contribution is -2.19. The van der Waals surface area contributed by atoms with Crippen molar-refractivity contribution in [3.63, 3.8) is 0 Å². The van der Waals surface area contributed by atoms with E-state index in [1.807, 2.05) is 0 Å². The molecule has 0 spiro atoms. The van der Waals surface area contributed by atoms with E-state index in [0.29, 0.717) is 29.5 Å². The summed E-state index contributed by atoms with van der Waals surface area (Å²) >= 11 is 1.29. The third-order valence-corrected chi connectivity index (χ3v) is 4.50. The molecule has 0 aliphatic carbocycles. The van der Waals surface area contributed by atoms with Crippen LogP contribution in [0, 0.1) is 6.92 Å². The lowest BCUT2D eigenvalue weighted by molar-refractivity contribution is 0.284. The van der Waals surface area contributed by atoms with Crippen LogP contribution in [-0.4, -0.2) is 27.5 Å². The molecule has 1 aliphatic heterocycles. The molecule has 1 aliphatic rings. The Balaban J connectivity index is 2.54. The van der Waals surface area contributed by atoms with Gasteiger partial charge in [0.15, 0.2) is 0 Å². The van der Waals surface area contributed by atoms with E-state index in [9.17, 15) is 8.42 Å². The zero-order valence-electron chi connectivity index (χ0n) is 8.76. The van der Waals surface area contributed by atoms with Gasteiger partial charge >= 0.3 is 0 Å². The van der Waals surface area contributed by atoms with E-state index in [1.165, 1.54) is 11.3 Å². The first-order valence-corrected chi connectivity index (χ1v) is 7.21. The highest BCUT2D eigenvalue weighted by Gasteiger charge is 2.24. The first-order chi connectivity index (χ1) is 7.50. The molecule has 0 saturated heterocycles. The number of ether oxygens (including phenoxy) is 1. The van der Waals surface area contributed by atoms with Crippen LogP contribution in [0.3, 0.4) is 0 Å². The summed E-state index contributed by atoms with van der Waals surface area (Å²) in [4.78, 5) is 4.82. The summed E-state index contributed by atoms with van der Waals surface area (Å²) in [6.45, 7) is 2.94. The monoisotopic (exact) mass is 260 g/mol. The van der Waals surface area contributed by atoms with Crippen LogP contribution < -0.4 is 5.14 Å². The van der Waals surface area contributed by atoms with E-state index in [1.54, 1.807) is 12.3 Å². The summed E-state index contributed by atoms with van der Waals surface area (Å²) in [6.07, 6.45) is 0.860. The fraction of sp³-hybridized carbons (Fsp3) is 0.444. The molecule has 2 heterocycles. The smallest absolute Gasteiger partial charge is 0.239 e. The van der Waals surface area contributed by atoms with Crippen molar-refractivity contribution in [2.45, 2.75) is 18.2 Å². The third-order valence-electron chi connectivity index (χ3n) is 2.19. The van der Waals surface area contributed by atoms with E-state index in [0.717, 1.165) is 6.42 Å². The molecule has 0 radical (unpaired) electrons. The number of hydrogen-bond acceptors (Lipinski definition) is 5. The maximum Gasteiger partial charge on any atom is 0.239 e. The first-order valence-electron chi connectivity index (χ1n) is 4.78. The zero-order chi connectivity index (χ0) is 11.8. The normalized spacial score (nSPS) is 16.8. The number of sulfonamides is 1. The van der Waals surface area contributed by atoms with Crippen molar-refractivity contribution in [3.05, 3.63) is 15.8 Å². The number of aryl methyl sites for hydroxylation is 1. The van der Waals surface area contributed by atoms with Gasteiger partial charge in [-0.2, -0.15) is 0 Å². The average Bonchev–Trinajstić information content (AvgIpc) is 2.61. The van der Waals surface area contributed by atoms with Crippen molar-refractivity contribution in [1.29, 1.82) is 0 Å². The summed E-state index contributed by atoms with van der Waals surface area (Å²) in [5.74, 6) is 0.397. The lowest BCUT2D eigenvalue weighted by Gasteiger charge is -2.13. The molecule has 7 heteroatoms. The number of primary sulfonamides is 1. The van der Waals surface area contributed by atoms with Crippen molar-refractivity contribution >= 4 is 27.3 Å². The minimum Gasteiger partial charge on any atom is -0.477 e. The number of nitrogens with zero attached hydrogens (tertiary/aromatic N) is 1. The Morgan fingerprint density at radius 3 is 2.88 bits per heavy atom. The van der Waals surface area contributed by atoms with E-state index >= 15 is 0 Å². The van der Waals surface area contributed by atoms with E-state index in [4.69, 9.17) is 9.88 Å². The summed E-state index contributed by atoms with van der Waals surface area (Å²) < 4.78 is 28.3. The molecule has 5 nitrogen and oxygen atoms in total. The van der Waals surface area contributed by atoms with Gasteiger partial charge in [0.25, 0.3) is 0 Å². The topological polar surface area (TPSA) is 81.8 Å². The van der Waals surface area contributed by atoms with Gasteiger partial charge in [-0.05, 0) is 17.9 Å². The summed E-state index contributed by atoms with van der Waals surface area (Å²) in [5, 5.41) is 6.92. The molecular formula is C9H12N2O3S2. The molecule has 88 valence electrons. The standard InChI is InChI=1S/C9H12N2O3S2/c1-6-5-15-7(8(6)16(10,12)13)9-11-3-2-4-14-9/h5H,2-4H2,1H3,(H2,10,12,13). The van der Waals surface area contributed by atoms with Crippen molar-refractivity contribution in [1.82, 2.24) is 0 Å². The Morgan fingerprint density at radius 2 is 2.31 bits per heavy atom. The van der Waals surface area contributed by atoms with Gasteiger partial charge in [-0.3, -0.25) is 4.99 Å². The highest BCUT2D eigenvalue weighted by molar-refractivity contribution is 7.89. The maximum absolute atomic E-state index is 11.5. The Hall–Kier alpha value is -0.920. The van der Waals surface area contributed by atoms with Gasteiger partial charge in [-0.1, -0.05) is 0 Å². The fourth-order valence-corrected chi connectivity index (χ4v) is 3.86. The van der Waals surface area contributed by atoms with Gasteiger partial charge in [0, 0.05) is 13.0 Å². The molecule has 0 fully saturated rings. The van der Waals surface area contributed by atoms with Crippen molar-refractivity contribution in [2.24, 2.45) is 10.1 Å². The Morgan fingerprint density at radius 1 is 1.56 bits per heavy atom. The van der Waals surface area contributed by atoms with E-state index < -0.39 is 10.0 Å². The van der Waals surface area contributed by atoms with Crippen LogP contribution in [0.5, 0.6) is 0 Å². The molecule has 0 atom stereocenters. The Kier molecular flexibility index (Phi) is 3.00. The number of thiophene rings is 1. The van der Waals surface area contributed by atoms with Crippen LogP contribution in [0.15, 0.2) is 15.3 Å². The highest BCUT2D eigenvalue weighted by Crippen LogP contribution is 2.27. The number of nitrogens with two attached hydrogens (primary N) is 1. The van der Waals surface area contributed by atoms with Crippen LogP contribution >= 0.6 is 11.3 Å². The van der Waals surface area contributed by atoms with Crippen molar-refractivity contribution < 1.29 is 13.2 Å². The molecule has 0 aromatic carbocycles. The van der Waals surface area contributed by atoms with Crippen LogP contribution in [0.2, 0.25) is 0 Å². The maximum atomic E-state index is 11.5. The second kappa shape index (κ2) is 4.15. The minimum atomic E-state index is -3.72. The van der Waals surface area contributed by atoms with Gasteiger partial charge in [0.1, 0.15) is 9.77 Å². The molecule has 2 rings (SSSR count). The third kappa shape index (κ3) is 2.11. The van der Waals surface area contributed by atoms with Crippen molar-refractivity contribution in [2.75, 3.05) is 13.2 Å². The Bertz CT molecular complexity index is 531. The SMILES string of the molecule is Cc1csc(C2=NCCCO2)c1S(N)(=O)=O. The molecular weight excluding hydrogens is 248 g/mol. The zero-order valence-corrected chi connectivity index (χ0v) is 10.4. The molecule has 1 aromatic heterocycles. The highest BCUT2D eigenvalue weighted by atomic mass is 32.2.